The molecule has 0 amide bonds. The number of methoxy groups -OCH3 is 1. The fourth-order valence-electron chi connectivity index (χ4n) is 2.72. The van der Waals surface area contributed by atoms with Crippen molar-refractivity contribution in [2.75, 3.05) is 13.7 Å². The lowest BCUT2D eigenvalue weighted by Crippen LogP contribution is -2.11. The molecule has 0 radical (unpaired) electrons. The molecule has 0 bridgehead atoms. The van der Waals surface area contributed by atoms with Gasteiger partial charge in [0.1, 0.15) is 11.5 Å². The highest BCUT2D eigenvalue weighted by Gasteiger charge is 2.13. The summed E-state index contributed by atoms with van der Waals surface area (Å²) in [6.07, 6.45) is 8.06. The lowest BCUT2D eigenvalue weighted by Gasteiger charge is -2.21. The van der Waals surface area contributed by atoms with Crippen molar-refractivity contribution < 1.29 is 9.47 Å². The Bertz CT molecular complexity index is 386. The van der Waals surface area contributed by atoms with Gasteiger partial charge in [0.15, 0.2) is 0 Å². The Hall–Kier alpha value is -0.890. The Morgan fingerprint density at radius 3 is 2.68 bits per heavy atom. The number of alkyl halides is 1. The van der Waals surface area contributed by atoms with Gasteiger partial charge in [-0.25, -0.2) is 0 Å². The maximum absolute atomic E-state index is 5.93. The Morgan fingerprint density at radius 2 is 2.00 bits per heavy atom. The van der Waals surface area contributed by atoms with Gasteiger partial charge in [0.05, 0.1) is 19.6 Å². The van der Waals surface area contributed by atoms with Crippen LogP contribution in [-0.2, 0) is 5.88 Å². The minimum Gasteiger partial charge on any atom is -0.497 e. The molecular weight excluding hydrogens is 260 g/mol. The van der Waals surface area contributed by atoms with Gasteiger partial charge >= 0.3 is 0 Å². The predicted octanol–water partition coefficient (Wildman–Crippen LogP) is 4.78. The number of hydrogen-bond acceptors (Lipinski definition) is 2. The molecule has 0 heterocycles. The van der Waals surface area contributed by atoms with Crippen LogP contribution in [0.25, 0.3) is 0 Å². The molecule has 106 valence electrons. The highest BCUT2D eigenvalue weighted by molar-refractivity contribution is 6.17. The molecule has 0 atom stereocenters. The molecule has 1 aliphatic carbocycles. The average molecular weight is 283 g/mol. The van der Waals surface area contributed by atoms with Gasteiger partial charge in [0.25, 0.3) is 0 Å². The third kappa shape index (κ3) is 4.31. The molecule has 0 spiro atoms. The lowest BCUT2D eigenvalue weighted by molar-refractivity contribution is 0.244. The molecule has 0 aliphatic heterocycles. The quantitative estimate of drug-likeness (QED) is 0.699. The molecule has 19 heavy (non-hydrogen) atoms. The summed E-state index contributed by atoms with van der Waals surface area (Å²) in [5.74, 6) is 3.01. The summed E-state index contributed by atoms with van der Waals surface area (Å²) in [6.45, 7) is 0.779. The number of rotatable bonds is 6. The first-order chi connectivity index (χ1) is 9.33. The highest BCUT2D eigenvalue weighted by atomic mass is 35.5. The van der Waals surface area contributed by atoms with Crippen molar-refractivity contribution in [1.82, 2.24) is 0 Å². The maximum Gasteiger partial charge on any atom is 0.127 e. The van der Waals surface area contributed by atoms with Crippen molar-refractivity contribution in [3.8, 4) is 11.5 Å². The molecular formula is C16H23ClO2. The minimum absolute atomic E-state index is 0.475. The fraction of sp³-hybridized carbons (Fsp3) is 0.625. The SMILES string of the molecule is COc1ccc(CCl)c(OCCC2CCCCC2)c1. The molecule has 2 nitrogen and oxygen atoms in total. The third-order valence-electron chi connectivity index (χ3n) is 3.93. The monoisotopic (exact) mass is 282 g/mol. The van der Waals surface area contributed by atoms with Crippen molar-refractivity contribution in [2.24, 2.45) is 5.92 Å². The molecule has 0 aromatic heterocycles. The number of ether oxygens (including phenoxy) is 2. The van der Waals surface area contributed by atoms with Gasteiger partial charge in [-0.1, -0.05) is 38.2 Å². The fourth-order valence-corrected chi connectivity index (χ4v) is 2.94. The first kappa shape index (κ1) is 14.5. The van der Waals surface area contributed by atoms with Gasteiger partial charge in [-0.15, -0.1) is 11.6 Å². The van der Waals surface area contributed by atoms with Gasteiger partial charge < -0.3 is 9.47 Å². The topological polar surface area (TPSA) is 18.5 Å². The van der Waals surface area contributed by atoms with Crippen LogP contribution >= 0.6 is 11.6 Å². The number of halogens is 1. The second-order valence-electron chi connectivity index (χ2n) is 5.25. The van der Waals surface area contributed by atoms with Crippen molar-refractivity contribution in [3.63, 3.8) is 0 Å². The van der Waals surface area contributed by atoms with Crippen LogP contribution in [0.2, 0.25) is 0 Å². The van der Waals surface area contributed by atoms with E-state index in [1.165, 1.54) is 32.1 Å². The van der Waals surface area contributed by atoms with E-state index < -0.39 is 0 Å². The summed E-state index contributed by atoms with van der Waals surface area (Å²) in [5.41, 5.74) is 1.03. The number of benzene rings is 1. The molecule has 1 aromatic carbocycles. The van der Waals surface area contributed by atoms with E-state index in [2.05, 4.69) is 0 Å². The zero-order valence-corrected chi connectivity index (χ0v) is 12.4. The zero-order chi connectivity index (χ0) is 13.5. The van der Waals surface area contributed by atoms with Crippen LogP contribution in [0, 0.1) is 5.92 Å². The highest BCUT2D eigenvalue weighted by Crippen LogP contribution is 2.29. The van der Waals surface area contributed by atoms with Gasteiger partial charge in [0.2, 0.25) is 0 Å². The Morgan fingerprint density at radius 1 is 1.21 bits per heavy atom. The van der Waals surface area contributed by atoms with Gasteiger partial charge in [-0.05, 0) is 18.4 Å². The van der Waals surface area contributed by atoms with Crippen LogP contribution < -0.4 is 9.47 Å². The molecule has 1 aliphatic rings. The standard InChI is InChI=1S/C16H23ClO2/c1-18-15-8-7-14(12-17)16(11-15)19-10-9-13-5-3-2-4-6-13/h7-8,11,13H,2-6,9-10,12H2,1H3. The summed E-state index contributed by atoms with van der Waals surface area (Å²) in [4.78, 5) is 0. The molecule has 2 rings (SSSR count). The molecule has 0 saturated heterocycles. The van der Waals surface area contributed by atoms with Crippen molar-refractivity contribution >= 4 is 11.6 Å². The second-order valence-corrected chi connectivity index (χ2v) is 5.52. The molecule has 1 fully saturated rings. The third-order valence-corrected chi connectivity index (χ3v) is 4.21. The van der Waals surface area contributed by atoms with Crippen LogP contribution in [0.5, 0.6) is 11.5 Å². The lowest BCUT2D eigenvalue weighted by atomic mass is 9.87. The van der Waals surface area contributed by atoms with E-state index >= 15 is 0 Å². The Kier molecular flexibility index (Phi) is 5.84. The average Bonchev–Trinajstić information content (AvgIpc) is 2.48. The van der Waals surface area contributed by atoms with Crippen LogP contribution in [0.1, 0.15) is 44.1 Å². The predicted molar refractivity (Wildman–Crippen MR) is 79.2 cm³/mol. The second kappa shape index (κ2) is 7.64. The normalized spacial score (nSPS) is 16.3. The Balaban J connectivity index is 1.86. The largest absolute Gasteiger partial charge is 0.497 e. The molecule has 0 unspecified atom stereocenters. The van der Waals surface area contributed by atoms with Crippen LogP contribution in [0.3, 0.4) is 0 Å². The Labute approximate surface area is 121 Å². The van der Waals surface area contributed by atoms with Crippen molar-refractivity contribution in [3.05, 3.63) is 23.8 Å². The van der Waals surface area contributed by atoms with Crippen LogP contribution in [-0.4, -0.2) is 13.7 Å². The first-order valence-electron chi connectivity index (χ1n) is 7.19. The smallest absolute Gasteiger partial charge is 0.127 e. The van der Waals surface area contributed by atoms with Gasteiger partial charge in [-0.2, -0.15) is 0 Å². The zero-order valence-electron chi connectivity index (χ0n) is 11.7. The van der Waals surface area contributed by atoms with Gasteiger partial charge in [-0.3, -0.25) is 0 Å². The summed E-state index contributed by atoms with van der Waals surface area (Å²) < 4.78 is 11.1. The van der Waals surface area contributed by atoms with E-state index in [9.17, 15) is 0 Å². The number of hydrogen-bond donors (Lipinski definition) is 0. The van der Waals surface area contributed by atoms with E-state index in [4.69, 9.17) is 21.1 Å². The van der Waals surface area contributed by atoms with Crippen LogP contribution in [0.4, 0.5) is 0 Å². The molecule has 3 heteroatoms. The van der Waals surface area contributed by atoms with E-state index in [-0.39, 0.29) is 0 Å². The summed E-state index contributed by atoms with van der Waals surface area (Å²) in [6, 6.07) is 5.83. The first-order valence-corrected chi connectivity index (χ1v) is 7.72. The van der Waals surface area contributed by atoms with Crippen LogP contribution in [0.15, 0.2) is 18.2 Å². The molecule has 1 aromatic rings. The minimum atomic E-state index is 0.475. The van der Waals surface area contributed by atoms with Crippen molar-refractivity contribution in [2.45, 2.75) is 44.4 Å². The molecule has 0 N–H and O–H groups in total. The maximum atomic E-state index is 5.93. The van der Waals surface area contributed by atoms with Crippen molar-refractivity contribution in [1.29, 1.82) is 0 Å². The molecule has 1 saturated carbocycles. The van der Waals surface area contributed by atoms with Gasteiger partial charge in [0, 0.05) is 11.6 Å². The van der Waals surface area contributed by atoms with E-state index in [0.29, 0.717) is 5.88 Å². The summed E-state index contributed by atoms with van der Waals surface area (Å²) >= 11 is 5.93. The summed E-state index contributed by atoms with van der Waals surface area (Å²) in [5, 5.41) is 0. The van der Waals surface area contributed by atoms with E-state index in [0.717, 1.165) is 36.0 Å². The van der Waals surface area contributed by atoms with E-state index in [1.54, 1.807) is 7.11 Å². The van der Waals surface area contributed by atoms with E-state index in [1.807, 2.05) is 18.2 Å². The summed E-state index contributed by atoms with van der Waals surface area (Å²) in [7, 11) is 1.67.